The quantitative estimate of drug-likeness (QED) is 0.575. The first-order valence-electron chi connectivity index (χ1n) is 7.14. The van der Waals surface area contributed by atoms with Crippen LogP contribution in [-0.4, -0.2) is 18.8 Å². The summed E-state index contributed by atoms with van der Waals surface area (Å²) in [4.78, 5) is 0. The first-order chi connectivity index (χ1) is 9.62. The zero-order valence-corrected chi connectivity index (χ0v) is 14.1. The lowest BCUT2D eigenvalue weighted by Gasteiger charge is -2.37. The minimum Gasteiger partial charge on any atom is -0.378 e. The van der Waals surface area contributed by atoms with Crippen LogP contribution in [0.15, 0.2) is 22.7 Å². The normalized spacial score (nSPS) is 23.4. The Labute approximate surface area is 134 Å². The number of benzene rings is 1. The van der Waals surface area contributed by atoms with Gasteiger partial charge in [-0.25, -0.2) is 0 Å². The smallest absolute Gasteiger partial charge is 0.0580 e. The van der Waals surface area contributed by atoms with Gasteiger partial charge in [-0.2, -0.15) is 0 Å². The van der Waals surface area contributed by atoms with Crippen LogP contribution in [0.4, 0.5) is 0 Å². The van der Waals surface area contributed by atoms with Crippen molar-refractivity contribution in [3.63, 3.8) is 0 Å². The number of rotatable bonds is 7. The highest BCUT2D eigenvalue weighted by molar-refractivity contribution is 9.10. The van der Waals surface area contributed by atoms with Crippen molar-refractivity contribution in [1.82, 2.24) is 5.43 Å². The lowest BCUT2D eigenvalue weighted by Crippen LogP contribution is -2.42. The molecule has 2 rings (SSSR count). The van der Waals surface area contributed by atoms with E-state index in [1.54, 1.807) is 0 Å². The van der Waals surface area contributed by atoms with Crippen molar-refractivity contribution >= 4 is 27.5 Å². The summed E-state index contributed by atoms with van der Waals surface area (Å²) >= 11 is 9.68. The van der Waals surface area contributed by atoms with Gasteiger partial charge in [0.2, 0.25) is 0 Å². The van der Waals surface area contributed by atoms with Crippen molar-refractivity contribution in [2.45, 2.75) is 44.8 Å². The summed E-state index contributed by atoms with van der Waals surface area (Å²) in [5.74, 6) is 6.40. The Morgan fingerprint density at radius 3 is 2.85 bits per heavy atom. The Morgan fingerprint density at radius 2 is 2.25 bits per heavy atom. The summed E-state index contributed by atoms with van der Waals surface area (Å²) in [6.45, 7) is 2.86. The standard InChI is InChI=1S/C15H22BrClN2O/c1-2-20-14-6-10(7-14)5-13(19-18)8-11-3-4-12(16)9-15(11)17/h3-4,9-10,13-14,19H,2,5-8,18H2,1H3. The van der Waals surface area contributed by atoms with Gasteiger partial charge < -0.3 is 4.74 Å². The fourth-order valence-corrected chi connectivity index (χ4v) is 3.55. The van der Waals surface area contributed by atoms with E-state index >= 15 is 0 Å². The molecule has 0 saturated heterocycles. The van der Waals surface area contributed by atoms with Crippen molar-refractivity contribution in [2.24, 2.45) is 11.8 Å². The molecule has 0 spiro atoms. The molecular weight excluding hydrogens is 340 g/mol. The van der Waals surface area contributed by atoms with Crippen LogP contribution in [0.3, 0.4) is 0 Å². The number of ether oxygens (including phenoxy) is 1. The maximum atomic E-state index is 6.26. The summed E-state index contributed by atoms with van der Waals surface area (Å²) < 4.78 is 6.60. The third kappa shape index (κ3) is 4.43. The van der Waals surface area contributed by atoms with Crippen LogP contribution in [0, 0.1) is 5.92 Å². The molecular formula is C15H22BrClN2O. The highest BCUT2D eigenvalue weighted by Gasteiger charge is 2.31. The van der Waals surface area contributed by atoms with E-state index in [4.69, 9.17) is 22.2 Å². The Bertz CT molecular complexity index is 438. The lowest BCUT2D eigenvalue weighted by atomic mass is 9.77. The van der Waals surface area contributed by atoms with Crippen LogP contribution >= 0.6 is 27.5 Å². The zero-order valence-electron chi connectivity index (χ0n) is 11.7. The van der Waals surface area contributed by atoms with E-state index < -0.39 is 0 Å². The number of nitrogens with one attached hydrogen (secondary N) is 1. The third-order valence-corrected chi connectivity index (χ3v) is 4.77. The summed E-state index contributed by atoms with van der Waals surface area (Å²) in [5, 5.41) is 0.792. The Kier molecular flexibility index (Phi) is 6.30. The maximum Gasteiger partial charge on any atom is 0.0580 e. The van der Waals surface area contributed by atoms with E-state index in [1.807, 2.05) is 19.1 Å². The van der Waals surface area contributed by atoms with Crippen LogP contribution < -0.4 is 11.3 Å². The molecule has 1 fully saturated rings. The van der Waals surface area contributed by atoms with Gasteiger partial charge in [-0.05, 0) is 56.2 Å². The topological polar surface area (TPSA) is 47.3 Å². The van der Waals surface area contributed by atoms with Gasteiger partial charge in [-0.1, -0.05) is 33.6 Å². The average Bonchev–Trinajstić information content (AvgIpc) is 2.37. The maximum absolute atomic E-state index is 6.26. The van der Waals surface area contributed by atoms with Crippen molar-refractivity contribution in [1.29, 1.82) is 0 Å². The van der Waals surface area contributed by atoms with Crippen LogP contribution in [0.2, 0.25) is 5.02 Å². The van der Waals surface area contributed by atoms with Gasteiger partial charge in [-0.3, -0.25) is 11.3 Å². The summed E-state index contributed by atoms with van der Waals surface area (Å²) in [5.41, 5.74) is 4.06. The predicted octanol–water partition coefficient (Wildman–Crippen LogP) is 3.68. The fraction of sp³-hybridized carbons (Fsp3) is 0.600. The number of halogens is 2. The van der Waals surface area contributed by atoms with Gasteiger partial charge >= 0.3 is 0 Å². The molecule has 1 aliphatic carbocycles. The van der Waals surface area contributed by atoms with Gasteiger partial charge in [0.15, 0.2) is 0 Å². The van der Waals surface area contributed by atoms with E-state index in [0.29, 0.717) is 12.0 Å². The molecule has 1 aromatic rings. The van der Waals surface area contributed by atoms with E-state index in [2.05, 4.69) is 27.4 Å². The second-order valence-corrected chi connectivity index (χ2v) is 6.78. The second kappa shape index (κ2) is 7.76. The average molecular weight is 362 g/mol. The Balaban J connectivity index is 1.84. The third-order valence-electron chi connectivity index (χ3n) is 3.93. The van der Waals surface area contributed by atoms with Gasteiger partial charge in [0, 0.05) is 22.1 Å². The van der Waals surface area contributed by atoms with Crippen LogP contribution in [0.1, 0.15) is 31.7 Å². The highest BCUT2D eigenvalue weighted by atomic mass is 79.9. The molecule has 3 N–H and O–H groups in total. The minimum absolute atomic E-state index is 0.265. The molecule has 0 heterocycles. The van der Waals surface area contributed by atoms with Crippen molar-refractivity contribution < 1.29 is 4.74 Å². The lowest BCUT2D eigenvalue weighted by molar-refractivity contribution is -0.0290. The van der Waals surface area contributed by atoms with Crippen molar-refractivity contribution in [3.8, 4) is 0 Å². The van der Waals surface area contributed by atoms with Crippen LogP contribution in [0.25, 0.3) is 0 Å². The molecule has 0 amide bonds. The van der Waals surface area contributed by atoms with E-state index in [0.717, 1.165) is 47.3 Å². The molecule has 0 radical (unpaired) electrons. The molecule has 112 valence electrons. The van der Waals surface area contributed by atoms with Crippen LogP contribution in [-0.2, 0) is 11.2 Å². The number of hydrogen-bond donors (Lipinski definition) is 2. The fourth-order valence-electron chi connectivity index (χ4n) is 2.80. The summed E-state index contributed by atoms with van der Waals surface area (Å²) in [6.07, 6.45) is 4.70. The zero-order chi connectivity index (χ0) is 14.5. The van der Waals surface area contributed by atoms with Crippen LogP contribution in [0.5, 0.6) is 0 Å². The van der Waals surface area contributed by atoms with E-state index in [9.17, 15) is 0 Å². The van der Waals surface area contributed by atoms with E-state index in [-0.39, 0.29) is 6.04 Å². The van der Waals surface area contributed by atoms with Gasteiger partial charge in [-0.15, -0.1) is 0 Å². The number of hydrazine groups is 1. The molecule has 20 heavy (non-hydrogen) atoms. The molecule has 3 nitrogen and oxygen atoms in total. The Morgan fingerprint density at radius 1 is 1.50 bits per heavy atom. The largest absolute Gasteiger partial charge is 0.378 e. The van der Waals surface area contributed by atoms with Crippen molar-refractivity contribution in [2.75, 3.05) is 6.61 Å². The van der Waals surface area contributed by atoms with Gasteiger partial charge in [0.1, 0.15) is 0 Å². The molecule has 5 heteroatoms. The molecule has 0 bridgehead atoms. The molecule has 1 saturated carbocycles. The summed E-state index contributed by atoms with van der Waals surface area (Å²) in [6, 6.07) is 6.27. The molecule has 1 aliphatic rings. The molecule has 1 atom stereocenters. The summed E-state index contributed by atoms with van der Waals surface area (Å²) in [7, 11) is 0. The van der Waals surface area contributed by atoms with Crippen molar-refractivity contribution in [3.05, 3.63) is 33.3 Å². The SMILES string of the molecule is CCOC1CC(CC(Cc2ccc(Br)cc2Cl)NN)C1. The molecule has 0 aromatic heterocycles. The molecule has 1 unspecified atom stereocenters. The Hall–Kier alpha value is -0.130. The van der Waals surface area contributed by atoms with E-state index in [1.165, 1.54) is 0 Å². The van der Waals surface area contributed by atoms with Gasteiger partial charge in [0.05, 0.1) is 6.10 Å². The van der Waals surface area contributed by atoms with Gasteiger partial charge in [0.25, 0.3) is 0 Å². The predicted molar refractivity (Wildman–Crippen MR) is 86.7 cm³/mol. The highest BCUT2D eigenvalue weighted by Crippen LogP contribution is 2.34. The first-order valence-corrected chi connectivity index (χ1v) is 8.31. The number of nitrogens with two attached hydrogens (primary N) is 1. The minimum atomic E-state index is 0.265. The molecule has 0 aliphatic heterocycles. The molecule has 1 aromatic carbocycles. The second-order valence-electron chi connectivity index (χ2n) is 5.45. The first kappa shape index (κ1) is 16.2. The monoisotopic (exact) mass is 360 g/mol. The number of hydrogen-bond acceptors (Lipinski definition) is 3.